The molecule has 1 atom stereocenters. The number of piperidine rings is 1. The molecule has 1 heterocycles. The SMILES string of the molecule is CC(C)(Oc1cccc([C@@H]2CCCN(C(=O)Cc3cccc(OC(F)(F)F)c3)C2)c1)C(=O)O. The van der Waals surface area contributed by atoms with E-state index in [-0.39, 0.29) is 24.0 Å². The lowest BCUT2D eigenvalue weighted by Crippen LogP contribution is -2.40. The lowest BCUT2D eigenvalue weighted by Gasteiger charge is -2.33. The van der Waals surface area contributed by atoms with Crippen LogP contribution < -0.4 is 9.47 Å². The second kappa shape index (κ2) is 9.72. The van der Waals surface area contributed by atoms with Crippen molar-refractivity contribution in [2.24, 2.45) is 0 Å². The number of carboxylic acids is 1. The van der Waals surface area contributed by atoms with Crippen molar-refractivity contribution in [3.63, 3.8) is 0 Å². The molecule has 0 aromatic heterocycles. The number of rotatable bonds is 7. The smallest absolute Gasteiger partial charge is 0.478 e. The molecule has 2 aromatic rings. The molecule has 33 heavy (non-hydrogen) atoms. The molecule has 178 valence electrons. The summed E-state index contributed by atoms with van der Waals surface area (Å²) in [6.45, 7) is 3.97. The van der Waals surface area contributed by atoms with Gasteiger partial charge in [0, 0.05) is 19.0 Å². The predicted molar refractivity (Wildman–Crippen MR) is 114 cm³/mol. The normalized spacial score (nSPS) is 16.9. The van der Waals surface area contributed by atoms with Gasteiger partial charge in [0.1, 0.15) is 11.5 Å². The van der Waals surface area contributed by atoms with E-state index in [1.807, 2.05) is 6.07 Å². The lowest BCUT2D eigenvalue weighted by atomic mass is 9.90. The van der Waals surface area contributed by atoms with Gasteiger partial charge in [-0.3, -0.25) is 4.79 Å². The third-order valence-corrected chi connectivity index (χ3v) is 5.48. The summed E-state index contributed by atoms with van der Waals surface area (Å²) in [6.07, 6.45) is -3.19. The molecule has 6 nitrogen and oxygen atoms in total. The summed E-state index contributed by atoms with van der Waals surface area (Å²) in [5, 5.41) is 9.28. The summed E-state index contributed by atoms with van der Waals surface area (Å²) < 4.78 is 46.9. The first-order chi connectivity index (χ1) is 15.4. The number of likely N-dealkylation sites (tertiary alicyclic amines) is 1. The van der Waals surface area contributed by atoms with Gasteiger partial charge in [-0.25, -0.2) is 4.79 Å². The van der Waals surface area contributed by atoms with Gasteiger partial charge in [-0.05, 0) is 62.1 Å². The molecule has 1 N–H and O–H groups in total. The van der Waals surface area contributed by atoms with Crippen LogP contribution in [0.2, 0.25) is 0 Å². The molecule has 0 radical (unpaired) electrons. The molecule has 1 amide bonds. The Hall–Kier alpha value is -3.23. The monoisotopic (exact) mass is 465 g/mol. The third kappa shape index (κ3) is 6.87. The van der Waals surface area contributed by atoms with Gasteiger partial charge < -0.3 is 19.5 Å². The van der Waals surface area contributed by atoms with Gasteiger partial charge in [-0.15, -0.1) is 13.2 Å². The van der Waals surface area contributed by atoms with E-state index < -0.39 is 17.9 Å². The maximum Gasteiger partial charge on any atom is 0.573 e. The molecule has 2 aromatic carbocycles. The number of aliphatic carboxylic acids is 1. The van der Waals surface area contributed by atoms with E-state index in [9.17, 15) is 27.9 Å². The molecule has 0 spiro atoms. The summed E-state index contributed by atoms with van der Waals surface area (Å²) in [4.78, 5) is 25.9. The Balaban J connectivity index is 1.66. The molecule has 0 unspecified atom stereocenters. The summed E-state index contributed by atoms with van der Waals surface area (Å²) in [5.41, 5.74) is -0.000632. The number of hydrogen-bond donors (Lipinski definition) is 1. The highest BCUT2D eigenvalue weighted by Gasteiger charge is 2.32. The molecule has 1 saturated heterocycles. The van der Waals surface area contributed by atoms with Crippen LogP contribution in [0.1, 0.15) is 43.7 Å². The summed E-state index contributed by atoms with van der Waals surface area (Å²) in [7, 11) is 0. The Morgan fingerprint density at radius 3 is 2.39 bits per heavy atom. The van der Waals surface area contributed by atoms with Crippen molar-refractivity contribution in [3.8, 4) is 11.5 Å². The predicted octanol–water partition coefficient (Wildman–Crippen LogP) is 4.78. The Labute approximate surface area is 189 Å². The van der Waals surface area contributed by atoms with Crippen LogP contribution in [0.15, 0.2) is 48.5 Å². The second-order valence-electron chi connectivity index (χ2n) is 8.54. The number of nitrogens with zero attached hydrogens (tertiary/aromatic N) is 1. The maximum absolute atomic E-state index is 12.8. The van der Waals surface area contributed by atoms with Crippen LogP contribution in [0, 0.1) is 0 Å². The summed E-state index contributed by atoms with van der Waals surface area (Å²) in [5.74, 6) is -1.13. The van der Waals surface area contributed by atoms with Gasteiger partial charge in [0.25, 0.3) is 0 Å². The highest BCUT2D eigenvalue weighted by Crippen LogP contribution is 2.31. The lowest BCUT2D eigenvalue weighted by molar-refractivity contribution is -0.274. The first-order valence-corrected chi connectivity index (χ1v) is 10.6. The third-order valence-electron chi connectivity index (χ3n) is 5.48. The van der Waals surface area contributed by atoms with E-state index in [4.69, 9.17) is 4.74 Å². The van der Waals surface area contributed by atoms with Crippen molar-refractivity contribution in [2.75, 3.05) is 13.1 Å². The van der Waals surface area contributed by atoms with Gasteiger partial charge in [-0.2, -0.15) is 0 Å². The average molecular weight is 465 g/mol. The molecule has 3 rings (SSSR count). The van der Waals surface area contributed by atoms with Crippen molar-refractivity contribution in [1.82, 2.24) is 4.90 Å². The molecule has 0 aliphatic carbocycles. The van der Waals surface area contributed by atoms with Crippen LogP contribution in [0.25, 0.3) is 0 Å². The van der Waals surface area contributed by atoms with E-state index in [2.05, 4.69) is 4.74 Å². The fourth-order valence-corrected chi connectivity index (χ4v) is 3.78. The van der Waals surface area contributed by atoms with Gasteiger partial charge in [-0.1, -0.05) is 24.3 Å². The van der Waals surface area contributed by atoms with Gasteiger partial charge in [0.2, 0.25) is 5.91 Å². The van der Waals surface area contributed by atoms with Crippen LogP contribution in [0.3, 0.4) is 0 Å². The maximum atomic E-state index is 12.8. The molecule has 0 saturated carbocycles. The molecule has 0 bridgehead atoms. The zero-order chi connectivity index (χ0) is 24.2. The van der Waals surface area contributed by atoms with E-state index in [1.165, 1.54) is 32.0 Å². The highest BCUT2D eigenvalue weighted by atomic mass is 19.4. The molecular formula is C24H26F3NO5. The van der Waals surface area contributed by atoms with E-state index in [0.29, 0.717) is 24.4 Å². The zero-order valence-electron chi connectivity index (χ0n) is 18.4. The minimum absolute atomic E-state index is 0.0300. The minimum Gasteiger partial charge on any atom is -0.478 e. The minimum atomic E-state index is -4.79. The molecule has 1 aliphatic rings. The van der Waals surface area contributed by atoms with E-state index >= 15 is 0 Å². The summed E-state index contributed by atoms with van der Waals surface area (Å²) in [6, 6.07) is 12.6. The van der Waals surface area contributed by atoms with Crippen LogP contribution in [-0.4, -0.2) is 46.9 Å². The number of ether oxygens (including phenoxy) is 2. The number of alkyl halides is 3. The quantitative estimate of drug-likeness (QED) is 0.637. The zero-order valence-corrected chi connectivity index (χ0v) is 18.4. The van der Waals surface area contributed by atoms with Crippen molar-refractivity contribution < 1.29 is 37.3 Å². The van der Waals surface area contributed by atoms with Crippen LogP contribution in [-0.2, 0) is 16.0 Å². The number of carboxylic acid groups (broad SMARTS) is 1. The Morgan fingerprint density at radius 2 is 1.73 bits per heavy atom. The topological polar surface area (TPSA) is 76.1 Å². The molecular weight excluding hydrogens is 439 g/mol. The van der Waals surface area contributed by atoms with Crippen molar-refractivity contribution in [2.45, 2.75) is 51.0 Å². The molecule has 9 heteroatoms. The van der Waals surface area contributed by atoms with Gasteiger partial charge in [0.05, 0.1) is 6.42 Å². The van der Waals surface area contributed by atoms with Gasteiger partial charge in [0.15, 0.2) is 5.60 Å². The number of carbonyl (C=O) groups is 2. The first-order valence-electron chi connectivity index (χ1n) is 10.6. The number of halogens is 3. The van der Waals surface area contributed by atoms with Crippen molar-refractivity contribution >= 4 is 11.9 Å². The largest absolute Gasteiger partial charge is 0.573 e. The van der Waals surface area contributed by atoms with Crippen molar-refractivity contribution in [1.29, 1.82) is 0 Å². The number of carbonyl (C=O) groups excluding carboxylic acids is 1. The highest BCUT2D eigenvalue weighted by molar-refractivity contribution is 5.79. The summed E-state index contributed by atoms with van der Waals surface area (Å²) >= 11 is 0. The standard InChI is InChI=1S/C24H26F3NO5/c1-23(2,22(30)31)32-20-10-4-7-17(14-20)18-8-5-11-28(15-18)21(29)13-16-6-3-9-19(12-16)33-24(25,26)27/h3-4,6-7,9-10,12,14,18H,5,8,11,13,15H2,1-2H3,(H,30,31)/t18-/m1/s1. The van der Waals surface area contributed by atoms with E-state index in [0.717, 1.165) is 18.4 Å². The number of hydrogen-bond acceptors (Lipinski definition) is 4. The van der Waals surface area contributed by atoms with Crippen LogP contribution >= 0.6 is 0 Å². The van der Waals surface area contributed by atoms with Crippen LogP contribution in [0.4, 0.5) is 13.2 Å². The Morgan fingerprint density at radius 1 is 1.06 bits per heavy atom. The number of benzene rings is 2. The molecule has 1 aliphatic heterocycles. The first kappa shape index (κ1) is 24.4. The molecule has 1 fully saturated rings. The van der Waals surface area contributed by atoms with Crippen molar-refractivity contribution in [3.05, 3.63) is 59.7 Å². The fourth-order valence-electron chi connectivity index (χ4n) is 3.78. The Bertz CT molecular complexity index is 1010. The average Bonchev–Trinajstić information content (AvgIpc) is 2.72. The Kier molecular flexibility index (Phi) is 7.19. The van der Waals surface area contributed by atoms with Crippen LogP contribution in [0.5, 0.6) is 11.5 Å². The van der Waals surface area contributed by atoms with E-state index in [1.54, 1.807) is 29.2 Å². The second-order valence-corrected chi connectivity index (χ2v) is 8.54. The van der Waals surface area contributed by atoms with Gasteiger partial charge >= 0.3 is 12.3 Å². The number of amides is 1. The fraction of sp³-hybridized carbons (Fsp3) is 0.417.